The van der Waals surface area contributed by atoms with Crippen LogP contribution in [0.25, 0.3) is 0 Å². The number of carbonyl (C=O) groups excluding carboxylic acids is 1. The van der Waals surface area contributed by atoms with Gasteiger partial charge >= 0.3 is 6.03 Å². The highest BCUT2D eigenvalue weighted by molar-refractivity contribution is 6.35. The summed E-state index contributed by atoms with van der Waals surface area (Å²) in [4.78, 5) is 12.0. The Balaban J connectivity index is 2.67. The van der Waals surface area contributed by atoms with Crippen molar-refractivity contribution in [2.24, 2.45) is 5.41 Å². The smallest absolute Gasteiger partial charge is 0.319 e. The molecule has 112 valence electrons. The van der Waals surface area contributed by atoms with E-state index in [1.165, 1.54) is 0 Å². The summed E-state index contributed by atoms with van der Waals surface area (Å²) < 4.78 is 0. The van der Waals surface area contributed by atoms with E-state index in [9.17, 15) is 4.79 Å². The van der Waals surface area contributed by atoms with Crippen LogP contribution in [0.1, 0.15) is 41.0 Å². The number of hydrogen-bond donors (Lipinski definition) is 2. The molecule has 0 atom stereocenters. The molecule has 2 N–H and O–H groups in total. The van der Waals surface area contributed by atoms with Gasteiger partial charge in [0.05, 0.1) is 0 Å². The number of carbonyl (C=O) groups is 1. The second kappa shape index (κ2) is 6.23. The lowest BCUT2D eigenvalue weighted by Crippen LogP contribution is -2.47. The number of amides is 2. The maximum Gasteiger partial charge on any atom is 0.319 e. The Hall–Kier alpha value is -0.930. The van der Waals surface area contributed by atoms with E-state index >= 15 is 0 Å². The molecule has 0 aliphatic heterocycles. The first kappa shape index (κ1) is 17.1. The van der Waals surface area contributed by atoms with Gasteiger partial charge in [0.1, 0.15) is 0 Å². The third kappa shape index (κ3) is 6.49. The zero-order valence-corrected chi connectivity index (χ0v) is 14.1. The second-order valence-corrected chi connectivity index (χ2v) is 7.73. The maximum atomic E-state index is 12.0. The number of nitrogens with one attached hydrogen (secondary N) is 2. The fourth-order valence-corrected chi connectivity index (χ4v) is 2.99. The molecule has 3 nitrogen and oxygen atoms in total. The predicted octanol–water partition coefficient (Wildman–Crippen LogP) is 5.33. The number of urea groups is 1. The Bertz CT molecular complexity index is 473. The summed E-state index contributed by atoms with van der Waals surface area (Å²) in [6.07, 6.45) is 0.865. The Labute approximate surface area is 131 Å². The standard InChI is InChI=1S/C15H22Cl2N2O/c1-14(2,3)9-15(4,5)19-13(20)18-12-7-10(16)6-11(17)8-12/h6-8H,9H2,1-5H3,(H2,18,19,20). The lowest BCUT2D eigenvalue weighted by atomic mass is 9.82. The highest BCUT2D eigenvalue weighted by Gasteiger charge is 2.27. The molecule has 0 saturated carbocycles. The van der Waals surface area contributed by atoms with Crippen LogP contribution < -0.4 is 10.6 Å². The first-order valence-corrected chi connectivity index (χ1v) is 7.28. The molecule has 0 heterocycles. The van der Waals surface area contributed by atoms with Gasteiger partial charge in [0, 0.05) is 21.3 Å². The molecule has 0 bridgehead atoms. The van der Waals surface area contributed by atoms with Crippen molar-refractivity contribution in [3.63, 3.8) is 0 Å². The zero-order valence-electron chi connectivity index (χ0n) is 12.6. The molecule has 1 rings (SSSR count). The van der Waals surface area contributed by atoms with Crippen LogP contribution >= 0.6 is 23.2 Å². The Morgan fingerprint density at radius 1 is 1.05 bits per heavy atom. The summed E-state index contributed by atoms with van der Waals surface area (Å²) in [5, 5.41) is 6.69. The van der Waals surface area contributed by atoms with Crippen LogP contribution in [0.15, 0.2) is 18.2 Å². The molecule has 0 aliphatic carbocycles. The Morgan fingerprint density at radius 3 is 2.00 bits per heavy atom. The molecule has 0 saturated heterocycles. The molecular weight excluding hydrogens is 295 g/mol. The van der Waals surface area contributed by atoms with Gasteiger partial charge in [0.25, 0.3) is 0 Å². The monoisotopic (exact) mass is 316 g/mol. The first-order valence-electron chi connectivity index (χ1n) is 6.52. The van der Waals surface area contributed by atoms with Crippen molar-refractivity contribution in [2.45, 2.75) is 46.6 Å². The minimum Gasteiger partial charge on any atom is -0.333 e. The van der Waals surface area contributed by atoms with E-state index in [0.717, 1.165) is 6.42 Å². The largest absolute Gasteiger partial charge is 0.333 e. The van der Waals surface area contributed by atoms with Gasteiger partial charge in [0.2, 0.25) is 0 Å². The highest BCUT2D eigenvalue weighted by atomic mass is 35.5. The third-order valence-corrected chi connectivity index (χ3v) is 2.98. The summed E-state index contributed by atoms with van der Waals surface area (Å²) in [5.41, 5.74) is 0.410. The fourth-order valence-electron chi connectivity index (χ4n) is 2.47. The van der Waals surface area contributed by atoms with Crippen LogP contribution in [0.4, 0.5) is 10.5 Å². The van der Waals surface area contributed by atoms with E-state index in [-0.39, 0.29) is 17.0 Å². The molecule has 0 unspecified atom stereocenters. The molecule has 20 heavy (non-hydrogen) atoms. The van der Waals surface area contributed by atoms with Gasteiger partial charge in [-0.15, -0.1) is 0 Å². The molecule has 2 amide bonds. The van der Waals surface area contributed by atoms with Gasteiger partial charge in [-0.2, -0.15) is 0 Å². The average molecular weight is 317 g/mol. The normalized spacial score (nSPS) is 12.2. The topological polar surface area (TPSA) is 41.1 Å². The number of rotatable bonds is 3. The first-order chi connectivity index (χ1) is 8.97. The van der Waals surface area contributed by atoms with Crippen molar-refractivity contribution >= 4 is 34.9 Å². The number of hydrogen-bond acceptors (Lipinski definition) is 1. The van der Waals surface area contributed by atoms with Crippen molar-refractivity contribution in [1.82, 2.24) is 5.32 Å². The molecule has 0 radical (unpaired) electrons. The van der Waals surface area contributed by atoms with E-state index in [1.54, 1.807) is 18.2 Å². The zero-order chi connectivity index (χ0) is 15.6. The van der Waals surface area contributed by atoms with Gasteiger partial charge in [-0.3, -0.25) is 0 Å². The van der Waals surface area contributed by atoms with Crippen LogP contribution in [0, 0.1) is 5.41 Å². The van der Waals surface area contributed by atoms with Crippen LogP contribution in [0.3, 0.4) is 0 Å². The summed E-state index contributed by atoms with van der Waals surface area (Å²) >= 11 is 11.8. The lowest BCUT2D eigenvalue weighted by molar-refractivity contribution is 0.220. The van der Waals surface area contributed by atoms with Gasteiger partial charge in [-0.05, 0) is 43.9 Å². The molecule has 0 fully saturated rings. The summed E-state index contributed by atoms with van der Waals surface area (Å²) in [6, 6.07) is 4.67. The number of benzene rings is 1. The highest BCUT2D eigenvalue weighted by Crippen LogP contribution is 2.27. The minimum absolute atomic E-state index is 0.135. The van der Waals surface area contributed by atoms with Crippen LogP contribution in [0.5, 0.6) is 0 Å². The van der Waals surface area contributed by atoms with Crippen molar-refractivity contribution in [2.75, 3.05) is 5.32 Å². The number of halogens is 2. The van der Waals surface area contributed by atoms with E-state index in [4.69, 9.17) is 23.2 Å². The number of anilines is 1. The van der Waals surface area contributed by atoms with Crippen LogP contribution in [-0.4, -0.2) is 11.6 Å². The third-order valence-electron chi connectivity index (χ3n) is 2.54. The molecule has 1 aromatic carbocycles. The van der Waals surface area contributed by atoms with Gasteiger partial charge < -0.3 is 10.6 Å². The van der Waals surface area contributed by atoms with Crippen molar-refractivity contribution in [3.8, 4) is 0 Å². The van der Waals surface area contributed by atoms with Gasteiger partial charge in [-0.1, -0.05) is 44.0 Å². The maximum absolute atomic E-state index is 12.0. The fraction of sp³-hybridized carbons (Fsp3) is 0.533. The van der Waals surface area contributed by atoms with E-state index in [2.05, 4.69) is 31.4 Å². The van der Waals surface area contributed by atoms with Crippen molar-refractivity contribution in [3.05, 3.63) is 28.2 Å². The summed E-state index contributed by atoms with van der Waals surface area (Å²) in [5.74, 6) is 0. The SMILES string of the molecule is CC(C)(C)CC(C)(C)NC(=O)Nc1cc(Cl)cc(Cl)c1. The van der Waals surface area contributed by atoms with E-state index in [1.807, 2.05) is 13.8 Å². The van der Waals surface area contributed by atoms with Gasteiger partial charge in [-0.25, -0.2) is 4.79 Å². The average Bonchev–Trinajstić information content (AvgIpc) is 2.08. The Morgan fingerprint density at radius 2 is 1.55 bits per heavy atom. The summed E-state index contributed by atoms with van der Waals surface area (Å²) in [6.45, 7) is 10.4. The van der Waals surface area contributed by atoms with Crippen molar-refractivity contribution < 1.29 is 4.79 Å². The van der Waals surface area contributed by atoms with Gasteiger partial charge in [0.15, 0.2) is 0 Å². The van der Waals surface area contributed by atoms with E-state index in [0.29, 0.717) is 15.7 Å². The van der Waals surface area contributed by atoms with Crippen molar-refractivity contribution in [1.29, 1.82) is 0 Å². The minimum atomic E-state index is -0.301. The quantitative estimate of drug-likeness (QED) is 0.777. The summed E-state index contributed by atoms with van der Waals surface area (Å²) in [7, 11) is 0. The lowest BCUT2D eigenvalue weighted by Gasteiger charge is -2.33. The molecule has 0 aromatic heterocycles. The molecule has 0 spiro atoms. The van der Waals surface area contributed by atoms with E-state index < -0.39 is 0 Å². The van der Waals surface area contributed by atoms with Crippen LogP contribution in [0.2, 0.25) is 10.0 Å². The molecule has 1 aromatic rings. The molecule has 5 heteroatoms. The molecule has 0 aliphatic rings. The second-order valence-electron chi connectivity index (χ2n) is 6.86. The predicted molar refractivity (Wildman–Crippen MR) is 86.8 cm³/mol. The Kier molecular flexibility index (Phi) is 5.33. The van der Waals surface area contributed by atoms with Crippen LogP contribution in [-0.2, 0) is 0 Å². The molecular formula is C15H22Cl2N2O.